The average Bonchev–Trinajstić information content (AvgIpc) is 2.15. The van der Waals surface area contributed by atoms with E-state index in [-0.39, 0.29) is 35.6 Å². The molecule has 0 heterocycles. The van der Waals surface area contributed by atoms with E-state index in [1.165, 1.54) is 5.56 Å². The summed E-state index contributed by atoms with van der Waals surface area (Å²) < 4.78 is 0. The standard InChI is InChI=1S/C7H8.3C3H7O.La/c1-7-5-3-2-4-6-7;3*1-3(2)4;/h2-6H,1H3;3*3H,1-2H3;/q;3*-1;+3. The molecule has 0 saturated carbocycles. The molecule has 0 spiro atoms. The number of rotatable bonds is 0. The summed E-state index contributed by atoms with van der Waals surface area (Å²) in [7, 11) is 0. The minimum Gasteiger partial charge on any atom is -0.852 e. The summed E-state index contributed by atoms with van der Waals surface area (Å²) in [5.41, 5.74) is 1.32. The van der Waals surface area contributed by atoms with E-state index < -0.39 is 18.3 Å². The summed E-state index contributed by atoms with van der Waals surface area (Å²) in [6.45, 7) is 11.8. The van der Waals surface area contributed by atoms with Gasteiger partial charge in [0.1, 0.15) is 0 Å². The predicted octanol–water partition coefficient (Wildman–Crippen LogP) is 1.26. The van der Waals surface area contributed by atoms with Crippen molar-refractivity contribution in [1.29, 1.82) is 0 Å². The number of benzene rings is 1. The minimum atomic E-state index is -0.417. The van der Waals surface area contributed by atoms with Crippen LogP contribution in [0.2, 0.25) is 0 Å². The third kappa shape index (κ3) is 79.5. The van der Waals surface area contributed by atoms with Gasteiger partial charge in [0.15, 0.2) is 0 Å². The molecule has 20 heavy (non-hydrogen) atoms. The van der Waals surface area contributed by atoms with Crippen molar-refractivity contribution in [2.75, 3.05) is 0 Å². The summed E-state index contributed by atoms with van der Waals surface area (Å²) in [6, 6.07) is 10.3. The monoisotopic (exact) mass is 408 g/mol. The van der Waals surface area contributed by atoms with Crippen LogP contribution in [0.5, 0.6) is 0 Å². The Morgan fingerprint density at radius 3 is 0.950 bits per heavy atom. The van der Waals surface area contributed by atoms with Gasteiger partial charge in [-0.05, 0) is 6.92 Å². The van der Waals surface area contributed by atoms with Crippen molar-refractivity contribution in [3.63, 3.8) is 0 Å². The molecule has 1 rings (SSSR count). The molecule has 0 aliphatic rings. The molecule has 4 heteroatoms. The Hall–Kier alpha value is 0.295. The molecule has 0 saturated heterocycles. The normalized spacial score (nSPS) is 8.45. The molecular weight excluding hydrogens is 379 g/mol. The maximum absolute atomic E-state index is 9.53. The van der Waals surface area contributed by atoms with Crippen molar-refractivity contribution in [3.8, 4) is 0 Å². The average molecular weight is 408 g/mol. The minimum absolute atomic E-state index is 0. The topological polar surface area (TPSA) is 69.2 Å². The van der Waals surface area contributed by atoms with E-state index >= 15 is 0 Å². The van der Waals surface area contributed by atoms with E-state index in [0.717, 1.165) is 0 Å². The predicted molar refractivity (Wildman–Crippen MR) is 76.6 cm³/mol. The molecule has 1 aromatic carbocycles. The van der Waals surface area contributed by atoms with Crippen molar-refractivity contribution in [2.24, 2.45) is 0 Å². The number of hydrogen-bond donors (Lipinski definition) is 0. The van der Waals surface area contributed by atoms with Gasteiger partial charge in [-0.2, -0.15) is 0 Å². The van der Waals surface area contributed by atoms with E-state index in [9.17, 15) is 15.3 Å². The first-order valence-electron chi connectivity index (χ1n) is 6.58. The van der Waals surface area contributed by atoms with E-state index in [1.807, 2.05) is 18.2 Å². The molecule has 3 nitrogen and oxygen atoms in total. The molecule has 114 valence electrons. The van der Waals surface area contributed by atoms with Crippen molar-refractivity contribution in [3.05, 3.63) is 35.9 Å². The van der Waals surface area contributed by atoms with Crippen LogP contribution in [0.4, 0.5) is 0 Å². The Kier molecular flexibility index (Phi) is 30.7. The van der Waals surface area contributed by atoms with Crippen molar-refractivity contribution < 1.29 is 50.9 Å². The van der Waals surface area contributed by atoms with Crippen molar-refractivity contribution >= 4 is 0 Å². The van der Waals surface area contributed by atoms with Crippen LogP contribution in [-0.4, -0.2) is 18.3 Å². The Bertz CT molecular complexity index is 227. The van der Waals surface area contributed by atoms with Crippen LogP contribution in [0.1, 0.15) is 47.1 Å². The molecule has 0 aromatic heterocycles. The molecule has 0 unspecified atom stereocenters. The van der Waals surface area contributed by atoms with Crippen LogP contribution in [0, 0.1) is 42.5 Å². The van der Waals surface area contributed by atoms with E-state index in [4.69, 9.17) is 0 Å². The van der Waals surface area contributed by atoms with Crippen LogP contribution in [-0.2, 0) is 0 Å². The second-order valence-corrected chi connectivity index (χ2v) is 4.80. The van der Waals surface area contributed by atoms with Crippen LogP contribution in [0.25, 0.3) is 0 Å². The largest absolute Gasteiger partial charge is 3.00 e. The quantitative estimate of drug-likeness (QED) is 0.649. The third-order valence-corrected chi connectivity index (χ3v) is 0.940. The number of hydrogen-bond acceptors (Lipinski definition) is 3. The van der Waals surface area contributed by atoms with Gasteiger partial charge in [-0.15, -0.1) is 18.3 Å². The Morgan fingerprint density at radius 1 is 0.650 bits per heavy atom. The molecule has 0 fully saturated rings. The maximum atomic E-state index is 9.53. The van der Waals surface area contributed by atoms with E-state index in [1.54, 1.807) is 41.5 Å². The van der Waals surface area contributed by atoms with Gasteiger partial charge < -0.3 is 15.3 Å². The van der Waals surface area contributed by atoms with Gasteiger partial charge in [0, 0.05) is 0 Å². The van der Waals surface area contributed by atoms with Gasteiger partial charge >= 0.3 is 35.6 Å². The molecular formula is C16H29LaO3. The molecule has 0 atom stereocenters. The first-order chi connectivity index (χ1) is 8.59. The van der Waals surface area contributed by atoms with E-state index in [0.29, 0.717) is 0 Å². The Labute approximate surface area is 153 Å². The van der Waals surface area contributed by atoms with Gasteiger partial charge in [-0.1, -0.05) is 77.4 Å². The van der Waals surface area contributed by atoms with Gasteiger partial charge in [0.2, 0.25) is 0 Å². The van der Waals surface area contributed by atoms with Gasteiger partial charge in [-0.25, -0.2) is 0 Å². The maximum Gasteiger partial charge on any atom is 3.00 e. The van der Waals surface area contributed by atoms with Crippen LogP contribution < -0.4 is 15.3 Å². The summed E-state index contributed by atoms with van der Waals surface area (Å²) >= 11 is 0. The Morgan fingerprint density at radius 2 is 0.850 bits per heavy atom. The molecule has 0 radical (unpaired) electrons. The first kappa shape index (κ1) is 28.5. The van der Waals surface area contributed by atoms with Crippen LogP contribution in [0.3, 0.4) is 0 Å². The zero-order chi connectivity index (χ0) is 15.8. The molecule has 1 aromatic rings. The smallest absolute Gasteiger partial charge is 0.852 e. The van der Waals surface area contributed by atoms with Crippen LogP contribution >= 0.6 is 0 Å². The molecule has 0 aliphatic carbocycles. The molecule has 0 N–H and O–H groups in total. The second-order valence-electron chi connectivity index (χ2n) is 4.80. The molecule has 0 amide bonds. The molecule has 0 aliphatic heterocycles. The van der Waals surface area contributed by atoms with Crippen molar-refractivity contribution in [2.45, 2.75) is 66.8 Å². The fourth-order valence-corrected chi connectivity index (χ4v) is 0.534. The van der Waals surface area contributed by atoms with Gasteiger partial charge in [0.05, 0.1) is 0 Å². The van der Waals surface area contributed by atoms with Crippen LogP contribution in [0.15, 0.2) is 30.3 Å². The summed E-state index contributed by atoms with van der Waals surface area (Å²) in [5, 5.41) is 28.6. The van der Waals surface area contributed by atoms with Crippen molar-refractivity contribution in [1.82, 2.24) is 0 Å². The number of aryl methyl sites for hydroxylation is 1. The van der Waals surface area contributed by atoms with Gasteiger partial charge in [0.25, 0.3) is 0 Å². The first-order valence-corrected chi connectivity index (χ1v) is 6.58. The Balaban J connectivity index is -0.0000000881. The SMILES string of the molecule is CC(C)[O-].CC(C)[O-].CC(C)[O-].Cc1ccccc1.[La+3]. The zero-order valence-corrected chi connectivity index (χ0v) is 17.5. The van der Waals surface area contributed by atoms with Gasteiger partial charge in [-0.3, -0.25) is 0 Å². The fraction of sp³-hybridized carbons (Fsp3) is 0.625. The third-order valence-electron chi connectivity index (χ3n) is 0.940. The summed E-state index contributed by atoms with van der Waals surface area (Å²) in [5.74, 6) is 0. The van der Waals surface area contributed by atoms with E-state index in [2.05, 4.69) is 19.1 Å². The summed E-state index contributed by atoms with van der Waals surface area (Å²) in [4.78, 5) is 0. The second kappa shape index (κ2) is 21.6. The molecule has 0 bridgehead atoms. The zero-order valence-electron chi connectivity index (χ0n) is 13.9. The fourth-order valence-electron chi connectivity index (χ4n) is 0.534. The summed E-state index contributed by atoms with van der Waals surface area (Å²) in [6.07, 6.45) is -1.25.